The maximum absolute atomic E-state index is 12.1. The number of rotatable bonds is 7. The van der Waals surface area contributed by atoms with Crippen LogP contribution in [-0.2, 0) is 22.7 Å². The van der Waals surface area contributed by atoms with Crippen molar-refractivity contribution in [1.82, 2.24) is 10.2 Å². The third kappa shape index (κ3) is 5.09. The lowest BCUT2D eigenvalue weighted by Gasteiger charge is -2.33. The van der Waals surface area contributed by atoms with Crippen LogP contribution in [-0.4, -0.2) is 48.8 Å². The number of hydrogen-bond acceptors (Lipinski definition) is 4. The molecule has 1 aliphatic rings. The van der Waals surface area contributed by atoms with Crippen LogP contribution in [0.3, 0.4) is 0 Å². The van der Waals surface area contributed by atoms with Crippen molar-refractivity contribution < 1.29 is 14.6 Å². The average Bonchev–Trinajstić information content (AvgIpc) is 2.55. The molecule has 1 heterocycles. The van der Waals surface area contributed by atoms with Crippen LogP contribution in [0.15, 0.2) is 24.3 Å². The molecule has 1 unspecified atom stereocenters. The first-order chi connectivity index (χ1) is 10.7. The van der Waals surface area contributed by atoms with E-state index in [1.54, 1.807) is 7.11 Å². The lowest BCUT2D eigenvalue weighted by Crippen LogP contribution is -2.46. The van der Waals surface area contributed by atoms with Crippen molar-refractivity contribution in [3.63, 3.8) is 0 Å². The number of carbonyl (C=O) groups excluding carboxylic acids is 1. The molecular formula is C17H26N2O3. The first kappa shape index (κ1) is 16.9. The Morgan fingerprint density at radius 1 is 1.32 bits per heavy atom. The molecule has 1 atom stereocenters. The Morgan fingerprint density at radius 2 is 2.05 bits per heavy atom. The summed E-state index contributed by atoms with van der Waals surface area (Å²) in [6.07, 6.45) is 3.21. The van der Waals surface area contributed by atoms with Gasteiger partial charge in [0.05, 0.1) is 19.8 Å². The van der Waals surface area contributed by atoms with Gasteiger partial charge in [-0.15, -0.1) is 0 Å². The number of ether oxygens (including phenoxy) is 1. The summed E-state index contributed by atoms with van der Waals surface area (Å²) in [4.78, 5) is 14.1. The van der Waals surface area contributed by atoms with E-state index < -0.39 is 0 Å². The van der Waals surface area contributed by atoms with Gasteiger partial charge in [0.1, 0.15) is 0 Å². The molecule has 0 aliphatic carbocycles. The van der Waals surface area contributed by atoms with Gasteiger partial charge in [-0.1, -0.05) is 30.7 Å². The van der Waals surface area contributed by atoms with Crippen LogP contribution in [0.4, 0.5) is 0 Å². The number of piperidine rings is 1. The largest absolute Gasteiger partial charge is 0.395 e. The highest BCUT2D eigenvalue weighted by Crippen LogP contribution is 2.15. The summed E-state index contributed by atoms with van der Waals surface area (Å²) in [7, 11) is 1.67. The Hall–Kier alpha value is -1.43. The van der Waals surface area contributed by atoms with E-state index in [0.717, 1.165) is 36.9 Å². The van der Waals surface area contributed by atoms with Gasteiger partial charge in [0, 0.05) is 19.7 Å². The van der Waals surface area contributed by atoms with E-state index >= 15 is 0 Å². The molecule has 22 heavy (non-hydrogen) atoms. The molecule has 5 heteroatoms. The Kier molecular flexibility index (Phi) is 6.83. The van der Waals surface area contributed by atoms with Gasteiger partial charge in [0.15, 0.2) is 0 Å². The number of aliphatic hydroxyl groups is 1. The third-order valence-corrected chi connectivity index (χ3v) is 4.13. The van der Waals surface area contributed by atoms with Gasteiger partial charge in [-0.3, -0.25) is 9.69 Å². The van der Waals surface area contributed by atoms with Crippen LogP contribution >= 0.6 is 0 Å². The van der Waals surface area contributed by atoms with Crippen molar-refractivity contribution >= 4 is 5.91 Å². The molecule has 5 nitrogen and oxygen atoms in total. The minimum Gasteiger partial charge on any atom is -0.395 e. The molecule has 0 aromatic heterocycles. The SMILES string of the molecule is COCc1ccc(CNC(=O)CN2CCCCC2CO)cc1. The van der Waals surface area contributed by atoms with Crippen LogP contribution in [0.2, 0.25) is 0 Å². The van der Waals surface area contributed by atoms with E-state index in [-0.39, 0.29) is 18.6 Å². The maximum atomic E-state index is 12.1. The minimum atomic E-state index is 0.0151. The Labute approximate surface area is 132 Å². The smallest absolute Gasteiger partial charge is 0.234 e. The molecule has 0 spiro atoms. The van der Waals surface area contributed by atoms with E-state index in [1.807, 2.05) is 24.3 Å². The first-order valence-electron chi connectivity index (χ1n) is 7.91. The number of aliphatic hydroxyl groups excluding tert-OH is 1. The highest BCUT2D eigenvalue weighted by Gasteiger charge is 2.23. The summed E-state index contributed by atoms with van der Waals surface area (Å²) < 4.78 is 5.08. The molecule has 2 rings (SSSR count). The number of nitrogens with zero attached hydrogens (tertiary/aromatic N) is 1. The quantitative estimate of drug-likeness (QED) is 0.797. The zero-order valence-electron chi connectivity index (χ0n) is 13.3. The second-order valence-corrected chi connectivity index (χ2v) is 5.83. The second kappa shape index (κ2) is 8.88. The van der Waals surface area contributed by atoms with Crippen molar-refractivity contribution in [1.29, 1.82) is 0 Å². The zero-order valence-corrected chi connectivity index (χ0v) is 13.3. The fourth-order valence-corrected chi connectivity index (χ4v) is 2.84. The Balaban J connectivity index is 1.77. The number of hydrogen-bond donors (Lipinski definition) is 2. The van der Waals surface area contributed by atoms with Crippen LogP contribution < -0.4 is 5.32 Å². The normalized spacial score (nSPS) is 19.1. The van der Waals surface area contributed by atoms with E-state index in [2.05, 4.69) is 10.2 Å². The van der Waals surface area contributed by atoms with Crippen LogP contribution in [0.25, 0.3) is 0 Å². The molecule has 1 aromatic carbocycles. The highest BCUT2D eigenvalue weighted by molar-refractivity contribution is 5.78. The molecule has 1 fully saturated rings. The first-order valence-corrected chi connectivity index (χ1v) is 7.91. The summed E-state index contributed by atoms with van der Waals surface area (Å²) in [5.41, 5.74) is 2.20. The fourth-order valence-electron chi connectivity index (χ4n) is 2.84. The van der Waals surface area contributed by atoms with Crippen molar-refractivity contribution in [2.24, 2.45) is 0 Å². The molecule has 2 N–H and O–H groups in total. The molecule has 1 saturated heterocycles. The molecule has 1 aliphatic heterocycles. The topological polar surface area (TPSA) is 61.8 Å². The lowest BCUT2D eigenvalue weighted by molar-refractivity contribution is -0.123. The van der Waals surface area contributed by atoms with Gasteiger partial charge in [-0.2, -0.15) is 0 Å². The molecule has 1 aromatic rings. The molecule has 0 saturated carbocycles. The van der Waals surface area contributed by atoms with Crippen LogP contribution in [0, 0.1) is 0 Å². The van der Waals surface area contributed by atoms with E-state index in [1.165, 1.54) is 0 Å². The standard InChI is InChI=1S/C17H26N2O3/c1-22-13-15-7-5-14(6-8-15)10-18-17(21)11-19-9-3-2-4-16(19)12-20/h5-8,16,20H,2-4,9-13H2,1H3,(H,18,21). The summed E-state index contributed by atoms with van der Waals surface area (Å²) in [6.45, 7) is 2.53. The van der Waals surface area contributed by atoms with Crippen molar-refractivity contribution in [3.05, 3.63) is 35.4 Å². The summed E-state index contributed by atoms with van der Waals surface area (Å²) in [5.74, 6) is 0.0151. The lowest BCUT2D eigenvalue weighted by atomic mass is 10.0. The molecule has 1 amide bonds. The van der Waals surface area contributed by atoms with Crippen LogP contribution in [0.5, 0.6) is 0 Å². The van der Waals surface area contributed by atoms with E-state index in [4.69, 9.17) is 4.74 Å². The predicted molar refractivity (Wildman–Crippen MR) is 85.3 cm³/mol. The number of benzene rings is 1. The van der Waals surface area contributed by atoms with Gasteiger partial charge in [0.2, 0.25) is 5.91 Å². The molecule has 0 bridgehead atoms. The monoisotopic (exact) mass is 306 g/mol. The number of amides is 1. The molecule has 0 radical (unpaired) electrons. The van der Waals surface area contributed by atoms with Crippen LogP contribution in [0.1, 0.15) is 30.4 Å². The zero-order chi connectivity index (χ0) is 15.8. The average molecular weight is 306 g/mol. The fraction of sp³-hybridized carbons (Fsp3) is 0.588. The maximum Gasteiger partial charge on any atom is 0.234 e. The van der Waals surface area contributed by atoms with Crippen molar-refractivity contribution in [2.45, 2.75) is 38.5 Å². The Morgan fingerprint density at radius 3 is 2.73 bits per heavy atom. The van der Waals surface area contributed by atoms with Gasteiger partial charge >= 0.3 is 0 Å². The van der Waals surface area contributed by atoms with Crippen molar-refractivity contribution in [3.8, 4) is 0 Å². The summed E-state index contributed by atoms with van der Waals surface area (Å²) in [5, 5.41) is 12.3. The van der Waals surface area contributed by atoms with E-state index in [9.17, 15) is 9.90 Å². The number of carbonyl (C=O) groups is 1. The van der Waals surface area contributed by atoms with Gasteiger partial charge in [0.25, 0.3) is 0 Å². The van der Waals surface area contributed by atoms with Crippen molar-refractivity contribution in [2.75, 3.05) is 26.8 Å². The number of methoxy groups -OCH3 is 1. The predicted octanol–water partition coefficient (Wildman–Crippen LogP) is 1.30. The van der Waals surface area contributed by atoms with E-state index in [0.29, 0.717) is 19.7 Å². The summed E-state index contributed by atoms with van der Waals surface area (Å²) >= 11 is 0. The second-order valence-electron chi connectivity index (χ2n) is 5.83. The highest BCUT2D eigenvalue weighted by atomic mass is 16.5. The summed E-state index contributed by atoms with van der Waals surface area (Å²) in [6, 6.07) is 8.17. The van der Waals surface area contributed by atoms with Gasteiger partial charge in [-0.25, -0.2) is 0 Å². The third-order valence-electron chi connectivity index (χ3n) is 4.13. The number of likely N-dealkylation sites (tertiary alicyclic amines) is 1. The van der Waals surface area contributed by atoms with Gasteiger partial charge < -0.3 is 15.2 Å². The molecule has 122 valence electrons. The van der Waals surface area contributed by atoms with Gasteiger partial charge in [-0.05, 0) is 30.5 Å². The Bertz CT molecular complexity index is 461. The molecular weight excluding hydrogens is 280 g/mol. The number of nitrogens with one attached hydrogen (secondary N) is 1. The minimum absolute atomic E-state index is 0.0151.